The molecule has 0 unspecified atom stereocenters. The fourth-order valence-electron chi connectivity index (χ4n) is 4.55. The average molecular weight is 805 g/mol. The first-order valence-corrected chi connectivity index (χ1v) is 18.0. The normalized spacial score (nSPS) is 11.7. The van der Waals surface area contributed by atoms with Crippen LogP contribution in [-0.4, -0.2) is 154 Å². The van der Waals surface area contributed by atoms with Gasteiger partial charge in [-0.2, -0.15) is 40.2 Å². The predicted octanol–water partition coefficient (Wildman–Crippen LogP) is 4.30. The molecule has 0 aliphatic carbocycles. The van der Waals surface area contributed by atoms with E-state index in [-0.39, 0.29) is 122 Å². The Balaban J connectivity index is 0.00000300. The second kappa shape index (κ2) is 18.0. The molecule has 0 saturated carbocycles. The fraction of sp³-hybridized carbons (Fsp3) is 0.0741. The fourth-order valence-corrected chi connectivity index (χ4v) is 6.53. The number of aromatic nitrogens is 3. The molecule has 0 aliphatic heterocycles. The van der Waals surface area contributed by atoms with E-state index in [4.69, 9.17) is 11.6 Å². The minimum Gasteiger partial charge on any atom is -0.505 e. The molecule has 5 N–H and O–H groups in total. The number of para-hydroxylation sites is 1. The standard InChI is InChI=1S/C27H22ClN7O10S3.3Na/c1-2-35(16-8-4-3-5-9-16)27-31-25(28)30-26(32-27)29-19-14-17(46(37,38)39)12-15-13-21(48(43,44)45)23(24(36)22(15)19)34-33-18-10-6-7-11-20(18)47(40,41)42;;;/h3-14,36H,2H2,1H3,(H,37,38,39)(H,40,41,42)(H,43,44,45)(H,29,30,31,32);;;. The van der Waals surface area contributed by atoms with Crippen LogP contribution in [0.25, 0.3) is 10.8 Å². The number of hydrogen-bond acceptors (Lipinski definition) is 14. The maximum absolute atomic E-state index is 12.4. The Hall–Kier alpha value is -1.83. The summed E-state index contributed by atoms with van der Waals surface area (Å²) in [4.78, 5) is 11.6. The Labute approximate surface area is 363 Å². The van der Waals surface area contributed by atoms with Gasteiger partial charge in [0.05, 0.1) is 10.6 Å². The van der Waals surface area contributed by atoms with Crippen molar-refractivity contribution in [3.05, 3.63) is 78.1 Å². The van der Waals surface area contributed by atoms with Crippen molar-refractivity contribution >= 4 is 176 Å². The van der Waals surface area contributed by atoms with Crippen LogP contribution in [0.15, 0.2) is 97.7 Å². The number of nitrogens with one attached hydrogen (secondary N) is 1. The van der Waals surface area contributed by atoms with Gasteiger partial charge in [0, 0.05) is 106 Å². The number of hydrogen-bond donors (Lipinski definition) is 5. The third kappa shape index (κ3) is 10.7. The van der Waals surface area contributed by atoms with Gasteiger partial charge in [0.25, 0.3) is 30.4 Å². The third-order valence-electron chi connectivity index (χ3n) is 6.57. The zero-order valence-electron chi connectivity index (χ0n) is 27.2. The minimum absolute atomic E-state index is 0. The zero-order chi connectivity index (χ0) is 35.0. The molecule has 1 heterocycles. The summed E-state index contributed by atoms with van der Waals surface area (Å²) in [6.45, 7) is 2.19. The maximum Gasteiger partial charge on any atom is 0.296 e. The smallest absolute Gasteiger partial charge is 0.296 e. The Morgan fingerprint density at radius 1 is 0.765 bits per heavy atom. The van der Waals surface area contributed by atoms with Gasteiger partial charge < -0.3 is 15.3 Å². The maximum atomic E-state index is 12.4. The van der Waals surface area contributed by atoms with Crippen LogP contribution in [0.4, 0.5) is 34.6 Å². The van der Waals surface area contributed by atoms with Gasteiger partial charge in [0.1, 0.15) is 21.2 Å². The van der Waals surface area contributed by atoms with E-state index in [0.717, 1.165) is 30.3 Å². The van der Waals surface area contributed by atoms with Gasteiger partial charge in [-0.15, -0.1) is 10.2 Å². The number of nitrogens with zero attached hydrogens (tertiary/aromatic N) is 6. The van der Waals surface area contributed by atoms with Crippen molar-refractivity contribution < 1.29 is 44.0 Å². The molecule has 0 amide bonds. The molecular weight excluding hydrogens is 783 g/mol. The molecule has 5 aromatic rings. The number of anilines is 4. The van der Waals surface area contributed by atoms with Crippen molar-refractivity contribution in [1.82, 2.24) is 15.0 Å². The first kappa shape index (κ1) is 45.3. The second-order valence-electron chi connectivity index (χ2n) is 9.67. The molecule has 17 nitrogen and oxygen atoms in total. The van der Waals surface area contributed by atoms with Crippen LogP contribution in [0.5, 0.6) is 5.75 Å². The molecule has 253 valence electrons. The number of phenolic OH excluding ortho intramolecular Hbond substituents is 1. The number of rotatable bonds is 10. The number of fused-ring (bicyclic) bond motifs is 1. The Morgan fingerprint density at radius 3 is 1.96 bits per heavy atom. The first-order chi connectivity index (χ1) is 22.5. The molecule has 1 aromatic heterocycles. The van der Waals surface area contributed by atoms with E-state index in [1.54, 1.807) is 35.2 Å². The van der Waals surface area contributed by atoms with Gasteiger partial charge >= 0.3 is 0 Å². The third-order valence-corrected chi connectivity index (χ3v) is 9.34. The number of aromatic hydroxyl groups is 1. The van der Waals surface area contributed by atoms with E-state index in [0.29, 0.717) is 12.2 Å². The van der Waals surface area contributed by atoms with Gasteiger partial charge in [-0.1, -0.05) is 30.3 Å². The van der Waals surface area contributed by atoms with E-state index in [1.165, 1.54) is 12.1 Å². The molecule has 3 radical (unpaired) electrons. The van der Waals surface area contributed by atoms with Crippen LogP contribution in [0, 0.1) is 0 Å². The van der Waals surface area contributed by atoms with Crippen molar-refractivity contribution in [3.63, 3.8) is 0 Å². The van der Waals surface area contributed by atoms with Crippen LogP contribution in [0.1, 0.15) is 6.92 Å². The minimum atomic E-state index is -5.23. The molecule has 0 fully saturated rings. The van der Waals surface area contributed by atoms with Crippen molar-refractivity contribution in [2.45, 2.75) is 21.6 Å². The van der Waals surface area contributed by atoms with Crippen LogP contribution in [0.3, 0.4) is 0 Å². The van der Waals surface area contributed by atoms with Gasteiger partial charge in [-0.3, -0.25) is 13.7 Å². The van der Waals surface area contributed by atoms with Crippen LogP contribution >= 0.6 is 11.6 Å². The zero-order valence-corrected chi connectivity index (χ0v) is 36.4. The Kier molecular flexibility index (Phi) is 16.0. The van der Waals surface area contributed by atoms with Gasteiger partial charge in [-0.25, -0.2) is 0 Å². The quantitative estimate of drug-likeness (QED) is 0.0749. The SMILES string of the molecule is CCN(c1ccccc1)c1nc(Cl)nc(Nc2cc(S(=O)(=O)O)cc3cc(S(=O)(=O)O)c(N=Nc4ccccc4S(=O)(=O)O)c(O)c23)n1.[Na].[Na].[Na]. The molecule has 0 atom stereocenters. The van der Waals surface area contributed by atoms with Crippen LogP contribution < -0.4 is 10.2 Å². The molecule has 0 aliphatic rings. The average Bonchev–Trinajstić information content (AvgIpc) is 2.99. The molecule has 51 heavy (non-hydrogen) atoms. The number of phenols is 1. The molecule has 5 rings (SSSR count). The van der Waals surface area contributed by atoms with Crippen molar-refractivity contribution in [1.29, 1.82) is 0 Å². The topological polar surface area (TPSA) is 262 Å². The second-order valence-corrected chi connectivity index (χ2v) is 14.2. The monoisotopic (exact) mass is 804 g/mol. The van der Waals surface area contributed by atoms with Crippen molar-refractivity contribution in [2.75, 3.05) is 16.8 Å². The Morgan fingerprint density at radius 2 is 1.37 bits per heavy atom. The van der Waals surface area contributed by atoms with E-state index < -0.39 is 62.2 Å². The molecule has 0 bridgehead atoms. The Bertz CT molecular complexity index is 2450. The van der Waals surface area contributed by atoms with Gasteiger partial charge in [0.15, 0.2) is 5.75 Å². The summed E-state index contributed by atoms with van der Waals surface area (Å²) in [5.74, 6) is -1.22. The molecule has 4 aromatic carbocycles. The van der Waals surface area contributed by atoms with Crippen molar-refractivity contribution in [3.8, 4) is 5.75 Å². The number of azo groups is 1. The van der Waals surface area contributed by atoms with E-state index in [2.05, 4.69) is 30.5 Å². The number of halogens is 1. The summed E-state index contributed by atoms with van der Waals surface area (Å²) in [6.07, 6.45) is 0. The van der Waals surface area contributed by atoms with E-state index in [9.17, 15) is 44.0 Å². The van der Waals surface area contributed by atoms with Crippen molar-refractivity contribution in [2.24, 2.45) is 10.2 Å². The number of benzene rings is 4. The summed E-state index contributed by atoms with van der Waals surface area (Å²) in [5.41, 5.74) is -1.02. The van der Waals surface area contributed by atoms with Gasteiger partial charge in [-0.05, 0) is 66.4 Å². The summed E-state index contributed by atoms with van der Waals surface area (Å²) in [5, 5.41) is 20.5. The summed E-state index contributed by atoms with van der Waals surface area (Å²) in [6, 6.07) is 16.0. The molecule has 24 heteroatoms. The summed E-state index contributed by atoms with van der Waals surface area (Å²) >= 11 is 6.20. The van der Waals surface area contributed by atoms with E-state index in [1.807, 2.05) is 6.92 Å². The summed E-state index contributed by atoms with van der Waals surface area (Å²) in [7, 11) is -15.0. The predicted molar refractivity (Wildman–Crippen MR) is 190 cm³/mol. The largest absolute Gasteiger partial charge is 0.505 e. The van der Waals surface area contributed by atoms with Gasteiger partial charge in [0.2, 0.25) is 17.2 Å². The van der Waals surface area contributed by atoms with E-state index >= 15 is 0 Å². The van der Waals surface area contributed by atoms with Crippen LogP contribution in [-0.2, 0) is 30.4 Å². The molecule has 0 saturated heterocycles. The molecule has 0 spiro atoms. The summed E-state index contributed by atoms with van der Waals surface area (Å²) < 4.78 is 102. The molecular formula is C27H22ClN7Na3O10S3. The van der Waals surface area contributed by atoms with Crippen LogP contribution in [0.2, 0.25) is 5.28 Å². The first-order valence-electron chi connectivity index (χ1n) is 13.3.